The number of halogens is 3. The van der Waals surface area contributed by atoms with Crippen molar-refractivity contribution in [3.63, 3.8) is 0 Å². The van der Waals surface area contributed by atoms with E-state index in [-0.39, 0.29) is 6.54 Å². The SMILES string of the molecule is CS(=O)(=O)N1CCc2c(c(-c3ccc(Cl)c(CCc4ccc(F)cc4F)c3)nn2CCCN2CCOCC2)C1. The molecular weight excluding hydrogens is 546 g/mol. The summed E-state index contributed by atoms with van der Waals surface area (Å²) >= 11 is 6.51. The number of morpholine rings is 1. The largest absolute Gasteiger partial charge is 0.379 e. The lowest BCUT2D eigenvalue weighted by Gasteiger charge is -2.27. The Bertz CT molecular complexity index is 1440. The molecule has 7 nitrogen and oxygen atoms in total. The lowest BCUT2D eigenvalue weighted by Crippen LogP contribution is -2.37. The first-order valence-electron chi connectivity index (χ1n) is 13.3. The molecule has 2 aliphatic rings. The van der Waals surface area contributed by atoms with Crippen molar-refractivity contribution in [2.45, 2.75) is 38.8 Å². The standard InChI is InChI=1S/C28H33ClF2N4O3S/c1-39(36,37)34-12-9-27-24(19-34)28(32-35(27)11-2-10-33-13-15-38-16-14-33)22-6-8-25(29)21(17-22)4-3-20-5-7-23(30)18-26(20)31/h5-8,17-18H,2-4,9-16,19H2,1H3. The zero-order chi connectivity index (χ0) is 27.6. The first-order valence-corrected chi connectivity index (χ1v) is 15.5. The number of sulfonamides is 1. The average molecular weight is 579 g/mol. The number of ether oxygens (including phenoxy) is 1. The molecule has 0 radical (unpaired) electrons. The predicted octanol–water partition coefficient (Wildman–Crippen LogP) is 4.31. The molecule has 1 saturated heterocycles. The molecule has 0 N–H and O–H groups in total. The molecule has 0 unspecified atom stereocenters. The summed E-state index contributed by atoms with van der Waals surface area (Å²) in [5.41, 5.74) is 4.81. The Morgan fingerprint density at radius 2 is 1.77 bits per heavy atom. The molecule has 3 heterocycles. The molecule has 0 amide bonds. The molecule has 2 aliphatic heterocycles. The van der Waals surface area contributed by atoms with Crippen molar-refractivity contribution in [1.82, 2.24) is 19.0 Å². The van der Waals surface area contributed by atoms with Crippen LogP contribution < -0.4 is 0 Å². The van der Waals surface area contributed by atoms with Crippen molar-refractivity contribution >= 4 is 21.6 Å². The lowest BCUT2D eigenvalue weighted by atomic mass is 9.98. The first kappa shape index (κ1) is 28.2. The quantitative estimate of drug-likeness (QED) is 0.379. The summed E-state index contributed by atoms with van der Waals surface area (Å²) in [5.74, 6) is -1.18. The van der Waals surface area contributed by atoms with E-state index >= 15 is 0 Å². The van der Waals surface area contributed by atoms with Gasteiger partial charge in [-0.1, -0.05) is 23.7 Å². The highest BCUT2D eigenvalue weighted by molar-refractivity contribution is 7.88. The number of aromatic nitrogens is 2. The molecule has 0 spiro atoms. The summed E-state index contributed by atoms with van der Waals surface area (Å²) in [6.45, 7) is 5.77. The summed E-state index contributed by atoms with van der Waals surface area (Å²) in [6, 6.07) is 9.24. The summed E-state index contributed by atoms with van der Waals surface area (Å²) in [5, 5.41) is 5.53. The molecule has 3 aromatic rings. The van der Waals surface area contributed by atoms with E-state index in [1.165, 1.54) is 22.7 Å². The van der Waals surface area contributed by atoms with Crippen molar-refractivity contribution in [2.24, 2.45) is 0 Å². The van der Waals surface area contributed by atoms with E-state index in [0.29, 0.717) is 36.4 Å². The van der Waals surface area contributed by atoms with Gasteiger partial charge in [0.25, 0.3) is 0 Å². The minimum Gasteiger partial charge on any atom is -0.379 e. The van der Waals surface area contributed by atoms with E-state index in [0.717, 1.165) is 80.0 Å². The Morgan fingerprint density at radius 3 is 2.51 bits per heavy atom. The molecule has 1 fully saturated rings. The Labute approximate surface area is 233 Å². The van der Waals surface area contributed by atoms with Gasteiger partial charge in [0.15, 0.2) is 0 Å². The van der Waals surface area contributed by atoms with Crippen molar-refractivity contribution in [3.05, 3.63) is 75.4 Å². The molecule has 11 heteroatoms. The smallest absolute Gasteiger partial charge is 0.211 e. The van der Waals surface area contributed by atoms with E-state index in [2.05, 4.69) is 4.90 Å². The fourth-order valence-electron chi connectivity index (χ4n) is 5.34. The van der Waals surface area contributed by atoms with E-state index in [4.69, 9.17) is 21.4 Å². The number of benzene rings is 2. The average Bonchev–Trinajstić information content (AvgIpc) is 3.27. The molecule has 0 bridgehead atoms. The second-order valence-electron chi connectivity index (χ2n) is 10.2. The van der Waals surface area contributed by atoms with Crippen LogP contribution in [0.15, 0.2) is 36.4 Å². The Hall–Kier alpha value is -2.37. The van der Waals surface area contributed by atoms with Gasteiger partial charge in [-0.25, -0.2) is 17.2 Å². The third-order valence-electron chi connectivity index (χ3n) is 7.51. The second kappa shape index (κ2) is 12.0. The second-order valence-corrected chi connectivity index (χ2v) is 12.6. The van der Waals surface area contributed by atoms with Crippen molar-refractivity contribution in [1.29, 1.82) is 0 Å². The van der Waals surface area contributed by atoms with Crippen LogP contribution in [0, 0.1) is 11.6 Å². The fourth-order valence-corrected chi connectivity index (χ4v) is 6.34. The molecule has 0 aliphatic carbocycles. The molecule has 1 aromatic heterocycles. The molecule has 0 saturated carbocycles. The molecule has 2 aromatic carbocycles. The summed E-state index contributed by atoms with van der Waals surface area (Å²) in [6.07, 6.45) is 3.59. The summed E-state index contributed by atoms with van der Waals surface area (Å²) < 4.78 is 61.2. The van der Waals surface area contributed by atoms with Gasteiger partial charge in [-0.3, -0.25) is 9.58 Å². The van der Waals surface area contributed by atoms with Crippen LogP contribution in [0.2, 0.25) is 5.02 Å². The van der Waals surface area contributed by atoms with E-state index in [1.807, 2.05) is 16.8 Å². The van der Waals surface area contributed by atoms with Gasteiger partial charge in [0.1, 0.15) is 11.6 Å². The van der Waals surface area contributed by atoms with E-state index in [9.17, 15) is 17.2 Å². The van der Waals surface area contributed by atoms with Gasteiger partial charge in [0, 0.05) is 73.6 Å². The maximum atomic E-state index is 14.2. The highest BCUT2D eigenvalue weighted by Gasteiger charge is 2.30. The fraction of sp³-hybridized carbons (Fsp3) is 0.464. The molecule has 210 valence electrons. The zero-order valence-corrected chi connectivity index (χ0v) is 23.6. The number of nitrogens with zero attached hydrogens (tertiary/aromatic N) is 4. The van der Waals surface area contributed by atoms with Crippen molar-refractivity contribution < 1.29 is 21.9 Å². The van der Waals surface area contributed by atoms with Crippen LogP contribution in [0.1, 0.15) is 28.8 Å². The minimum absolute atomic E-state index is 0.270. The van der Waals surface area contributed by atoms with Crippen LogP contribution in [0.25, 0.3) is 11.3 Å². The third kappa shape index (κ3) is 6.69. The van der Waals surface area contributed by atoms with Crippen LogP contribution in [0.3, 0.4) is 0 Å². The maximum Gasteiger partial charge on any atom is 0.211 e. The van der Waals surface area contributed by atoms with Crippen LogP contribution in [-0.4, -0.2) is 73.1 Å². The first-order chi connectivity index (χ1) is 18.7. The Kier molecular flexibility index (Phi) is 8.68. The van der Waals surface area contributed by atoms with Gasteiger partial charge >= 0.3 is 0 Å². The number of hydrogen-bond donors (Lipinski definition) is 0. The van der Waals surface area contributed by atoms with Gasteiger partial charge in [-0.2, -0.15) is 9.40 Å². The van der Waals surface area contributed by atoms with Crippen LogP contribution in [0.4, 0.5) is 8.78 Å². The Morgan fingerprint density at radius 1 is 1.00 bits per heavy atom. The van der Waals surface area contributed by atoms with Gasteiger partial charge in [-0.05, 0) is 48.6 Å². The van der Waals surface area contributed by atoms with Crippen LogP contribution >= 0.6 is 11.6 Å². The number of rotatable bonds is 9. The normalized spacial score (nSPS) is 16.9. The molecule has 0 atom stereocenters. The maximum absolute atomic E-state index is 14.2. The van der Waals surface area contributed by atoms with E-state index in [1.54, 1.807) is 6.07 Å². The summed E-state index contributed by atoms with van der Waals surface area (Å²) in [7, 11) is -3.36. The van der Waals surface area contributed by atoms with Gasteiger partial charge in [0.05, 0.1) is 25.2 Å². The Balaban J connectivity index is 1.41. The molecule has 39 heavy (non-hydrogen) atoms. The predicted molar refractivity (Wildman–Crippen MR) is 147 cm³/mol. The topological polar surface area (TPSA) is 67.7 Å². The van der Waals surface area contributed by atoms with Crippen molar-refractivity contribution in [3.8, 4) is 11.3 Å². The molecule has 5 rings (SSSR count). The number of hydrogen-bond acceptors (Lipinski definition) is 5. The third-order valence-corrected chi connectivity index (χ3v) is 9.13. The zero-order valence-electron chi connectivity index (χ0n) is 22.0. The van der Waals surface area contributed by atoms with Crippen LogP contribution in [0.5, 0.6) is 0 Å². The number of aryl methyl sites for hydroxylation is 3. The summed E-state index contributed by atoms with van der Waals surface area (Å²) in [4.78, 5) is 2.39. The monoisotopic (exact) mass is 578 g/mol. The highest BCUT2D eigenvalue weighted by Crippen LogP contribution is 2.33. The van der Waals surface area contributed by atoms with Gasteiger partial charge < -0.3 is 4.74 Å². The van der Waals surface area contributed by atoms with Gasteiger partial charge in [-0.15, -0.1) is 0 Å². The highest BCUT2D eigenvalue weighted by atomic mass is 35.5. The number of fused-ring (bicyclic) bond motifs is 1. The minimum atomic E-state index is -3.36. The lowest BCUT2D eigenvalue weighted by molar-refractivity contribution is 0.0368. The van der Waals surface area contributed by atoms with E-state index < -0.39 is 21.7 Å². The molecular formula is C28H33ClF2N4O3S. The van der Waals surface area contributed by atoms with Crippen molar-refractivity contribution in [2.75, 3.05) is 45.6 Å². The van der Waals surface area contributed by atoms with Gasteiger partial charge in [0.2, 0.25) is 10.0 Å². The van der Waals surface area contributed by atoms with Crippen LogP contribution in [-0.2, 0) is 47.1 Å².